The van der Waals surface area contributed by atoms with Crippen LogP contribution in [0.25, 0.3) is 0 Å². The lowest BCUT2D eigenvalue weighted by atomic mass is 10.00. The predicted molar refractivity (Wildman–Crippen MR) is 354 cm³/mol. The molecule has 0 aromatic heterocycles. The fraction of sp³-hybridized carbons (Fsp3) is 0.942. The molecule has 6 atom stereocenters. The molecule has 0 aromatic rings. The Bertz CT molecular complexity index is 1730. The maximum Gasteiger partial charge on any atom is 0.472 e. The first-order valence-corrected chi connectivity index (χ1v) is 38.9. The van der Waals surface area contributed by atoms with Crippen molar-refractivity contribution >= 4 is 39.5 Å². The van der Waals surface area contributed by atoms with Gasteiger partial charge in [-0.15, -0.1) is 0 Å². The summed E-state index contributed by atoms with van der Waals surface area (Å²) in [7, 11) is -9.89. The van der Waals surface area contributed by atoms with Crippen molar-refractivity contribution in [3.8, 4) is 0 Å². The molecule has 0 aliphatic carbocycles. The first kappa shape index (κ1) is 86.1. The van der Waals surface area contributed by atoms with Crippen LogP contribution in [0.1, 0.15) is 344 Å². The molecular weight excluding hydrogens is 1160 g/mol. The number of rotatable bonds is 67. The second kappa shape index (κ2) is 60.0. The number of esters is 4. The average Bonchev–Trinajstić information content (AvgIpc) is 3.48. The number of phosphoric ester groups is 2. The molecule has 17 nitrogen and oxygen atoms in total. The molecule has 0 aliphatic heterocycles. The number of hydrogen-bond donors (Lipinski definition) is 3. The Kier molecular flexibility index (Phi) is 58.7. The molecular formula is C69H134O17P2. The number of carbonyl (C=O) groups excluding carboxylic acids is 4. The molecule has 0 fully saturated rings. The van der Waals surface area contributed by atoms with Crippen molar-refractivity contribution in [2.45, 2.75) is 362 Å². The van der Waals surface area contributed by atoms with Crippen LogP contribution in [0.4, 0.5) is 0 Å². The summed E-state index contributed by atoms with van der Waals surface area (Å²) < 4.78 is 68.0. The van der Waals surface area contributed by atoms with Gasteiger partial charge in [0.2, 0.25) is 0 Å². The number of hydrogen-bond acceptors (Lipinski definition) is 15. The summed E-state index contributed by atoms with van der Waals surface area (Å²) in [6.45, 7) is 11.7. The van der Waals surface area contributed by atoms with E-state index in [0.29, 0.717) is 25.7 Å². The molecule has 0 bridgehead atoms. The Morgan fingerprint density at radius 1 is 0.330 bits per heavy atom. The van der Waals surface area contributed by atoms with E-state index in [4.69, 9.17) is 37.0 Å². The van der Waals surface area contributed by atoms with Gasteiger partial charge in [-0.1, -0.05) is 292 Å². The summed E-state index contributed by atoms with van der Waals surface area (Å²) in [4.78, 5) is 72.2. The van der Waals surface area contributed by atoms with E-state index in [1.54, 1.807) is 0 Å². The fourth-order valence-electron chi connectivity index (χ4n) is 10.3. The topological polar surface area (TPSA) is 237 Å². The van der Waals surface area contributed by atoms with Gasteiger partial charge in [0, 0.05) is 25.7 Å². The number of unbranched alkanes of at least 4 members (excludes halogenated alkanes) is 34. The molecule has 0 radical (unpaired) electrons. The van der Waals surface area contributed by atoms with E-state index in [9.17, 15) is 43.2 Å². The van der Waals surface area contributed by atoms with Gasteiger partial charge < -0.3 is 33.8 Å². The summed E-state index contributed by atoms with van der Waals surface area (Å²) in [6.07, 6.45) is 43.5. The maximum atomic E-state index is 13.0. The third kappa shape index (κ3) is 61.6. The number of aliphatic hydroxyl groups is 1. The highest BCUT2D eigenvalue weighted by atomic mass is 31.2. The quantitative estimate of drug-likeness (QED) is 0.0222. The van der Waals surface area contributed by atoms with Crippen LogP contribution in [-0.4, -0.2) is 96.7 Å². The second-order valence-electron chi connectivity index (χ2n) is 26.1. The van der Waals surface area contributed by atoms with Gasteiger partial charge in [-0.3, -0.25) is 37.3 Å². The number of ether oxygens (including phenoxy) is 4. The lowest BCUT2D eigenvalue weighted by molar-refractivity contribution is -0.161. The first-order chi connectivity index (χ1) is 42.3. The molecule has 0 spiro atoms. The first-order valence-electron chi connectivity index (χ1n) is 35.9. The monoisotopic (exact) mass is 1300 g/mol. The molecule has 0 saturated heterocycles. The Labute approximate surface area is 537 Å². The molecule has 0 amide bonds. The minimum atomic E-state index is -4.95. The molecule has 19 heteroatoms. The van der Waals surface area contributed by atoms with E-state index in [2.05, 4.69) is 48.5 Å². The zero-order chi connectivity index (χ0) is 65.2. The summed E-state index contributed by atoms with van der Waals surface area (Å²) >= 11 is 0. The van der Waals surface area contributed by atoms with Crippen LogP contribution in [0.5, 0.6) is 0 Å². The smallest absolute Gasteiger partial charge is 0.462 e. The minimum absolute atomic E-state index is 0.102. The third-order valence-corrected chi connectivity index (χ3v) is 18.1. The van der Waals surface area contributed by atoms with Crippen LogP contribution in [0.3, 0.4) is 0 Å². The number of carbonyl (C=O) groups is 4. The van der Waals surface area contributed by atoms with Gasteiger partial charge in [0.25, 0.3) is 0 Å². The van der Waals surface area contributed by atoms with Crippen molar-refractivity contribution in [1.82, 2.24) is 0 Å². The fourth-order valence-corrected chi connectivity index (χ4v) is 11.9. The molecule has 522 valence electrons. The Hall–Kier alpha value is -1.94. The SMILES string of the molecule is CCCCCCCC(=O)OC[C@H](COP(=O)(O)OC[C@H](O)COP(=O)(O)OC[C@@H](COC(=O)CCCCCCCCCCCCCC(C)C)OC(=O)CCCCCCCCCCCCCCCCCCC(C)C)OC(=O)CCCCCCCCC(C)CC. The van der Waals surface area contributed by atoms with Crippen molar-refractivity contribution in [3.63, 3.8) is 0 Å². The van der Waals surface area contributed by atoms with E-state index in [-0.39, 0.29) is 25.7 Å². The van der Waals surface area contributed by atoms with E-state index in [1.807, 2.05) is 0 Å². The zero-order valence-corrected chi connectivity index (χ0v) is 59.0. The largest absolute Gasteiger partial charge is 0.472 e. The van der Waals surface area contributed by atoms with Crippen molar-refractivity contribution < 1.29 is 80.2 Å². The van der Waals surface area contributed by atoms with Gasteiger partial charge in [-0.25, -0.2) is 9.13 Å². The molecule has 0 aromatic carbocycles. The van der Waals surface area contributed by atoms with Gasteiger partial charge in [0.15, 0.2) is 12.2 Å². The van der Waals surface area contributed by atoms with Crippen LogP contribution in [0.15, 0.2) is 0 Å². The lowest BCUT2D eigenvalue weighted by Crippen LogP contribution is -2.30. The van der Waals surface area contributed by atoms with E-state index in [0.717, 1.165) is 114 Å². The summed E-state index contributed by atoms with van der Waals surface area (Å²) in [5, 5.41) is 10.5. The summed E-state index contributed by atoms with van der Waals surface area (Å²) in [6, 6.07) is 0. The van der Waals surface area contributed by atoms with Crippen molar-refractivity contribution in [2.24, 2.45) is 17.8 Å². The Morgan fingerprint density at radius 2 is 0.580 bits per heavy atom. The summed E-state index contributed by atoms with van der Waals surface area (Å²) in [5.74, 6) is 0.160. The molecule has 88 heavy (non-hydrogen) atoms. The van der Waals surface area contributed by atoms with Gasteiger partial charge in [0.1, 0.15) is 19.3 Å². The molecule has 3 N–H and O–H groups in total. The van der Waals surface area contributed by atoms with E-state index >= 15 is 0 Å². The predicted octanol–water partition coefficient (Wildman–Crippen LogP) is 19.5. The van der Waals surface area contributed by atoms with Crippen molar-refractivity contribution in [1.29, 1.82) is 0 Å². The minimum Gasteiger partial charge on any atom is -0.462 e. The maximum absolute atomic E-state index is 13.0. The van der Waals surface area contributed by atoms with Crippen LogP contribution in [0, 0.1) is 17.8 Å². The van der Waals surface area contributed by atoms with Crippen LogP contribution >= 0.6 is 15.6 Å². The molecule has 0 heterocycles. The molecule has 0 aliphatic rings. The average molecular weight is 1300 g/mol. The van der Waals surface area contributed by atoms with Gasteiger partial charge in [-0.05, 0) is 43.4 Å². The van der Waals surface area contributed by atoms with Crippen molar-refractivity contribution in [3.05, 3.63) is 0 Å². The normalized spacial score (nSPS) is 14.5. The lowest BCUT2D eigenvalue weighted by Gasteiger charge is -2.21. The van der Waals surface area contributed by atoms with E-state index < -0.39 is 97.5 Å². The standard InChI is InChI=1S/C69H134O17P2/c1-8-10-11-33-43-50-66(71)79-56-64(86-69(74)53-46-39-32-31-36-42-49-62(7)9-2)58-83-87(75,76)81-54-63(70)55-82-88(77,78)84-59-65(57-80-67(72)51-44-37-29-25-22-18-20-24-28-35-41-48-61(5)6)85-68(73)52-45-38-30-26-21-17-15-13-12-14-16-19-23-27-34-40-47-60(3)4/h60-65,70H,8-59H2,1-7H3,(H,75,76)(H,77,78)/t62?,63-,64+,65+/m0/s1. The highest BCUT2D eigenvalue weighted by Gasteiger charge is 2.30. The number of phosphoric acid groups is 2. The molecule has 3 unspecified atom stereocenters. The van der Waals surface area contributed by atoms with Gasteiger partial charge in [0.05, 0.1) is 26.4 Å². The van der Waals surface area contributed by atoms with Crippen LogP contribution < -0.4 is 0 Å². The Morgan fingerprint density at radius 3 is 0.864 bits per heavy atom. The second-order valence-corrected chi connectivity index (χ2v) is 29.0. The van der Waals surface area contributed by atoms with Gasteiger partial charge >= 0.3 is 39.5 Å². The third-order valence-electron chi connectivity index (χ3n) is 16.2. The van der Waals surface area contributed by atoms with Crippen molar-refractivity contribution in [2.75, 3.05) is 39.6 Å². The van der Waals surface area contributed by atoms with Crippen LogP contribution in [0.2, 0.25) is 0 Å². The zero-order valence-electron chi connectivity index (χ0n) is 57.2. The molecule has 0 rings (SSSR count). The highest BCUT2D eigenvalue weighted by Crippen LogP contribution is 2.45. The Balaban J connectivity index is 5.15. The van der Waals surface area contributed by atoms with E-state index in [1.165, 1.54) is 148 Å². The molecule has 0 saturated carbocycles. The summed E-state index contributed by atoms with van der Waals surface area (Å²) in [5.41, 5.74) is 0. The van der Waals surface area contributed by atoms with Crippen LogP contribution in [-0.2, 0) is 65.4 Å². The van der Waals surface area contributed by atoms with Gasteiger partial charge in [-0.2, -0.15) is 0 Å². The highest BCUT2D eigenvalue weighted by molar-refractivity contribution is 7.47. The number of aliphatic hydroxyl groups excluding tert-OH is 1.